The van der Waals surface area contributed by atoms with Gasteiger partial charge >= 0.3 is 0 Å². The fraction of sp³-hybridized carbons (Fsp3) is 0.0870. The molecule has 4 aromatic rings. The number of hydrogen-bond acceptors (Lipinski definition) is 5. The van der Waals surface area contributed by atoms with E-state index >= 15 is 0 Å². The maximum atomic E-state index is 13.6. The molecule has 1 aliphatic heterocycles. The Morgan fingerprint density at radius 1 is 0.933 bits per heavy atom. The summed E-state index contributed by atoms with van der Waals surface area (Å²) in [5.41, 5.74) is 1.75. The van der Waals surface area contributed by atoms with Gasteiger partial charge in [0.05, 0.1) is 16.7 Å². The molecular weight excluding hydrogens is 398 g/mol. The summed E-state index contributed by atoms with van der Waals surface area (Å²) in [6, 6.07) is 23.2. The van der Waals surface area contributed by atoms with Crippen LogP contribution in [0, 0.1) is 0 Å². The number of para-hydroxylation sites is 1. The van der Waals surface area contributed by atoms with E-state index in [1.165, 1.54) is 21.4 Å². The van der Waals surface area contributed by atoms with Crippen LogP contribution < -0.4 is 10.6 Å². The second kappa shape index (κ2) is 7.35. The number of carbonyl (C=O) groups is 1. The van der Waals surface area contributed by atoms with Crippen LogP contribution in [0.3, 0.4) is 0 Å². The number of rotatable bonds is 3. The van der Waals surface area contributed by atoms with Crippen molar-refractivity contribution >= 4 is 28.6 Å². The first-order valence-corrected chi connectivity index (χ1v) is 10.5. The number of amides is 1. The van der Waals surface area contributed by atoms with Crippen molar-refractivity contribution < 1.29 is 9.90 Å². The van der Waals surface area contributed by atoms with E-state index in [0.29, 0.717) is 16.7 Å². The predicted octanol–water partition coefficient (Wildman–Crippen LogP) is 3.68. The molecule has 1 fully saturated rings. The van der Waals surface area contributed by atoms with Crippen LogP contribution in [0.15, 0.2) is 83.7 Å². The molecule has 1 aromatic heterocycles. The molecule has 0 bridgehead atoms. The molecule has 1 atom stereocenters. The Morgan fingerprint density at radius 3 is 2.50 bits per heavy atom. The standard InChI is InChI=1S/C23H17N3O3S/c27-17-10-6-9-16(13-17)23-25(20(28)14-30-23)26-21(15-7-2-1-3-8-15)24-19-12-5-4-11-18(19)22(26)29/h1-13,23,27H,14H2. The Hall–Kier alpha value is -3.58. The summed E-state index contributed by atoms with van der Waals surface area (Å²) in [5, 5.41) is 11.4. The lowest BCUT2D eigenvalue weighted by Crippen LogP contribution is -2.46. The van der Waals surface area contributed by atoms with Crippen LogP contribution in [0.4, 0.5) is 0 Å². The van der Waals surface area contributed by atoms with Gasteiger partial charge in [-0.05, 0) is 29.8 Å². The van der Waals surface area contributed by atoms with Gasteiger partial charge < -0.3 is 5.11 Å². The molecule has 1 N–H and O–H groups in total. The summed E-state index contributed by atoms with van der Waals surface area (Å²) in [6.45, 7) is 0. The van der Waals surface area contributed by atoms with E-state index in [1.807, 2.05) is 42.5 Å². The van der Waals surface area contributed by atoms with Crippen LogP contribution in [0.1, 0.15) is 10.9 Å². The van der Waals surface area contributed by atoms with E-state index < -0.39 is 5.37 Å². The zero-order valence-electron chi connectivity index (χ0n) is 15.8. The highest BCUT2D eigenvalue weighted by Gasteiger charge is 2.37. The minimum atomic E-state index is -0.451. The van der Waals surface area contributed by atoms with Crippen molar-refractivity contribution in [1.82, 2.24) is 9.66 Å². The Kier molecular flexibility index (Phi) is 4.52. The van der Waals surface area contributed by atoms with Crippen LogP contribution in [-0.4, -0.2) is 26.4 Å². The van der Waals surface area contributed by atoms with Crippen LogP contribution in [-0.2, 0) is 4.79 Å². The van der Waals surface area contributed by atoms with E-state index in [4.69, 9.17) is 4.98 Å². The van der Waals surface area contributed by atoms with Gasteiger partial charge in [-0.2, -0.15) is 4.68 Å². The number of phenolic OH excluding ortho intramolecular Hbond substituents is 1. The summed E-state index contributed by atoms with van der Waals surface area (Å²) in [5.74, 6) is 0.554. The molecule has 3 aromatic carbocycles. The van der Waals surface area contributed by atoms with E-state index in [9.17, 15) is 14.7 Å². The van der Waals surface area contributed by atoms with Crippen molar-refractivity contribution in [1.29, 1.82) is 0 Å². The molecule has 7 heteroatoms. The molecule has 1 saturated heterocycles. The molecule has 5 rings (SSSR count). The third-order valence-corrected chi connectivity index (χ3v) is 6.20. The van der Waals surface area contributed by atoms with Crippen LogP contribution >= 0.6 is 11.8 Å². The first kappa shape index (κ1) is 18.4. The topological polar surface area (TPSA) is 75.4 Å². The second-order valence-electron chi connectivity index (χ2n) is 6.93. The monoisotopic (exact) mass is 415 g/mol. The normalized spacial score (nSPS) is 16.3. The van der Waals surface area contributed by atoms with E-state index in [-0.39, 0.29) is 23.0 Å². The minimum Gasteiger partial charge on any atom is -0.508 e. The largest absolute Gasteiger partial charge is 0.508 e. The van der Waals surface area contributed by atoms with Crippen molar-refractivity contribution in [3.05, 3.63) is 94.8 Å². The van der Waals surface area contributed by atoms with E-state index in [0.717, 1.165) is 11.1 Å². The number of carbonyl (C=O) groups excluding carboxylic acids is 1. The van der Waals surface area contributed by atoms with Gasteiger partial charge in [0.1, 0.15) is 11.1 Å². The first-order valence-electron chi connectivity index (χ1n) is 9.43. The highest BCUT2D eigenvalue weighted by Crippen LogP contribution is 2.39. The minimum absolute atomic E-state index is 0.111. The second-order valence-corrected chi connectivity index (χ2v) is 8.00. The van der Waals surface area contributed by atoms with Gasteiger partial charge in [0, 0.05) is 5.56 Å². The third kappa shape index (κ3) is 3.04. The highest BCUT2D eigenvalue weighted by molar-refractivity contribution is 8.00. The average Bonchev–Trinajstić information content (AvgIpc) is 3.15. The van der Waals surface area contributed by atoms with Gasteiger partial charge in [0.25, 0.3) is 11.5 Å². The summed E-state index contributed by atoms with van der Waals surface area (Å²) in [7, 11) is 0. The number of aromatic nitrogens is 2. The third-order valence-electron chi connectivity index (χ3n) is 5.00. The van der Waals surface area contributed by atoms with Gasteiger partial charge in [-0.3, -0.25) is 9.59 Å². The van der Waals surface area contributed by atoms with Gasteiger partial charge in [-0.25, -0.2) is 9.99 Å². The number of phenols is 1. The Labute approximate surface area is 176 Å². The van der Waals surface area contributed by atoms with Crippen molar-refractivity contribution in [2.24, 2.45) is 0 Å². The Bertz CT molecular complexity index is 1320. The Morgan fingerprint density at radius 2 is 1.70 bits per heavy atom. The molecule has 0 saturated carbocycles. The zero-order chi connectivity index (χ0) is 20.7. The lowest BCUT2D eigenvalue weighted by atomic mass is 10.2. The first-order chi connectivity index (χ1) is 14.6. The van der Waals surface area contributed by atoms with E-state index in [1.54, 1.807) is 36.4 Å². The molecule has 1 unspecified atom stereocenters. The highest BCUT2D eigenvalue weighted by atomic mass is 32.2. The zero-order valence-corrected chi connectivity index (χ0v) is 16.6. The fourth-order valence-corrected chi connectivity index (χ4v) is 4.77. The number of benzene rings is 3. The molecule has 1 aliphatic rings. The molecule has 0 spiro atoms. The molecule has 2 heterocycles. The molecule has 1 amide bonds. The van der Waals surface area contributed by atoms with Gasteiger partial charge in [-0.15, -0.1) is 11.8 Å². The van der Waals surface area contributed by atoms with Crippen LogP contribution in [0.5, 0.6) is 5.75 Å². The fourth-order valence-electron chi connectivity index (χ4n) is 3.65. The van der Waals surface area contributed by atoms with Crippen LogP contribution in [0.2, 0.25) is 0 Å². The summed E-state index contributed by atoms with van der Waals surface area (Å²) < 4.78 is 1.38. The smallest absolute Gasteiger partial charge is 0.280 e. The van der Waals surface area contributed by atoms with Gasteiger partial charge in [0.15, 0.2) is 5.82 Å². The molecule has 0 radical (unpaired) electrons. The number of hydrogen-bond donors (Lipinski definition) is 1. The van der Waals surface area contributed by atoms with Gasteiger partial charge in [0.2, 0.25) is 0 Å². The number of thioether (sulfide) groups is 1. The lowest BCUT2D eigenvalue weighted by molar-refractivity contribution is -0.117. The Balaban J connectivity index is 1.79. The average molecular weight is 415 g/mol. The quantitative estimate of drug-likeness (QED) is 0.553. The molecule has 30 heavy (non-hydrogen) atoms. The summed E-state index contributed by atoms with van der Waals surface area (Å²) in [4.78, 5) is 31.3. The predicted molar refractivity (Wildman–Crippen MR) is 118 cm³/mol. The van der Waals surface area contributed by atoms with Crippen molar-refractivity contribution in [3.8, 4) is 17.1 Å². The van der Waals surface area contributed by atoms with Crippen molar-refractivity contribution in [2.75, 3.05) is 10.8 Å². The SMILES string of the molecule is O=C1CSC(c2cccc(O)c2)N1n1c(-c2ccccc2)nc2ccccc2c1=O. The van der Waals surface area contributed by atoms with E-state index in [2.05, 4.69) is 0 Å². The van der Waals surface area contributed by atoms with Crippen LogP contribution in [0.25, 0.3) is 22.3 Å². The molecule has 148 valence electrons. The number of nitrogens with zero attached hydrogens (tertiary/aromatic N) is 3. The number of fused-ring (bicyclic) bond motifs is 1. The van der Waals surface area contributed by atoms with Crippen molar-refractivity contribution in [2.45, 2.75) is 5.37 Å². The maximum Gasteiger partial charge on any atom is 0.280 e. The molecule has 6 nitrogen and oxygen atoms in total. The lowest BCUT2D eigenvalue weighted by Gasteiger charge is -2.28. The number of aromatic hydroxyl groups is 1. The summed E-state index contributed by atoms with van der Waals surface area (Å²) in [6.07, 6.45) is 0. The summed E-state index contributed by atoms with van der Waals surface area (Å²) >= 11 is 1.41. The maximum absolute atomic E-state index is 13.6. The van der Waals surface area contributed by atoms with Gasteiger partial charge in [-0.1, -0.05) is 54.6 Å². The van der Waals surface area contributed by atoms with Crippen molar-refractivity contribution in [3.63, 3.8) is 0 Å². The molecule has 0 aliphatic carbocycles. The molecular formula is C23H17N3O3S.